The number of benzene rings is 1. The molecule has 0 saturated carbocycles. The molecule has 0 fully saturated rings. The molecule has 0 atom stereocenters. The summed E-state index contributed by atoms with van der Waals surface area (Å²) in [5, 5.41) is 10.7. The van der Waals surface area contributed by atoms with Crippen LogP contribution in [-0.4, -0.2) is 31.2 Å². The van der Waals surface area contributed by atoms with Crippen LogP contribution in [0.1, 0.15) is 12.5 Å². The maximum absolute atomic E-state index is 10.7. The predicted octanol–water partition coefficient (Wildman–Crippen LogP) is 1.99. The number of nitro benzene ring substituents is 1. The van der Waals surface area contributed by atoms with Crippen LogP contribution in [0.4, 0.5) is 11.4 Å². The highest BCUT2D eigenvalue weighted by atomic mass is 16.6. The van der Waals surface area contributed by atoms with Gasteiger partial charge in [0.05, 0.1) is 11.5 Å². The van der Waals surface area contributed by atoms with Crippen molar-refractivity contribution >= 4 is 11.4 Å². The van der Waals surface area contributed by atoms with Gasteiger partial charge >= 0.3 is 0 Å². The van der Waals surface area contributed by atoms with Crippen LogP contribution in [0.3, 0.4) is 0 Å². The molecule has 1 aromatic rings. The zero-order valence-corrected chi connectivity index (χ0v) is 9.89. The van der Waals surface area contributed by atoms with E-state index in [0.29, 0.717) is 13.2 Å². The van der Waals surface area contributed by atoms with Crippen molar-refractivity contribution in [3.05, 3.63) is 33.9 Å². The van der Waals surface area contributed by atoms with E-state index in [4.69, 9.17) is 4.74 Å². The van der Waals surface area contributed by atoms with E-state index >= 15 is 0 Å². The fraction of sp³-hybridized carbons (Fsp3) is 0.500. The first-order chi connectivity index (χ1) is 8.22. The fourth-order valence-corrected chi connectivity index (χ4v) is 2.10. The summed E-state index contributed by atoms with van der Waals surface area (Å²) in [5.74, 6) is 0. The number of anilines is 1. The van der Waals surface area contributed by atoms with Gasteiger partial charge in [-0.2, -0.15) is 0 Å². The van der Waals surface area contributed by atoms with Crippen LogP contribution in [-0.2, 0) is 11.2 Å². The first-order valence-corrected chi connectivity index (χ1v) is 5.82. The van der Waals surface area contributed by atoms with Crippen molar-refractivity contribution in [2.24, 2.45) is 0 Å². The normalized spacial score (nSPS) is 13.8. The second-order valence-electron chi connectivity index (χ2n) is 4.00. The summed E-state index contributed by atoms with van der Waals surface area (Å²) < 4.78 is 5.31. The molecule has 5 heteroatoms. The Kier molecular flexibility index (Phi) is 3.58. The summed E-state index contributed by atoms with van der Waals surface area (Å²) >= 11 is 0. The summed E-state index contributed by atoms with van der Waals surface area (Å²) in [5.41, 5.74) is 2.33. The molecular weight excluding hydrogens is 220 g/mol. The Balaban J connectivity index is 2.12. The van der Waals surface area contributed by atoms with Crippen molar-refractivity contribution in [2.75, 3.05) is 31.2 Å². The van der Waals surface area contributed by atoms with Crippen LogP contribution >= 0.6 is 0 Å². The van der Waals surface area contributed by atoms with Crippen molar-refractivity contribution < 1.29 is 9.66 Å². The average molecular weight is 236 g/mol. The minimum absolute atomic E-state index is 0.159. The summed E-state index contributed by atoms with van der Waals surface area (Å²) in [6.07, 6.45) is 0.958. The van der Waals surface area contributed by atoms with Crippen LogP contribution < -0.4 is 4.90 Å². The van der Waals surface area contributed by atoms with E-state index in [0.717, 1.165) is 25.2 Å². The largest absolute Gasteiger partial charge is 0.380 e. The first-order valence-electron chi connectivity index (χ1n) is 5.82. The van der Waals surface area contributed by atoms with E-state index in [1.807, 2.05) is 13.0 Å². The number of non-ortho nitro benzene ring substituents is 1. The number of hydrogen-bond acceptors (Lipinski definition) is 4. The highest BCUT2D eigenvalue weighted by molar-refractivity contribution is 5.62. The van der Waals surface area contributed by atoms with Gasteiger partial charge in [-0.15, -0.1) is 0 Å². The van der Waals surface area contributed by atoms with E-state index in [2.05, 4.69) is 4.90 Å². The Bertz CT molecular complexity index is 420. The predicted molar refractivity (Wildman–Crippen MR) is 65.5 cm³/mol. The van der Waals surface area contributed by atoms with Crippen LogP contribution in [0, 0.1) is 10.1 Å². The van der Waals surface area contributed by atoms with Gasteiger partial charge < -0.3 is 9.64 Å². The molecule has 0 radical (unpaired) electrons. The van der Waals surface area contributed by atoms with Gasteiger partial charge in [0.15, 0.2) is 0 Å². The molecule has 1 aliphatic rings. The molecule has 0 unspecified atom stereocenters. The average Bonchev–Trinajstić information content (AvgIpc) is 2.72. The van der Waals surface area contributed by atoms with Crippen molar-refractivity contribution in [3.63, 3.8) is 0 Å². The molecule has 1 heterocycles. The Morgan fingerprint density at radius 1 is 1.53 bits per heavy atom. The molecular formula is C12H16N2O3. The molecule has 5 nitrogen and oxygen atoms in total. The molecule has 0 bridgehead atoms. The van der Waals surface area contributed by atoms with Crippen LogP contribution in [0.2, 0.25) is 0 Å². The van der Waals surface area contributed by atoms with Gasteiger partial charge in [-0.3, -0.25) is 10.1 Å². The molecule has 1 aromatic carbocycles. The van der Waals surface area contributed by atoms with Gasteiger partial charge in [0, 0.05) is 37.5 Å². The minimum atomic E-state index is -0.348. The highest BCUT2D eigenvalue weighted by Gasteiger charge is 2.21. The standard InChI is InChI=1S/C12H16N2O3/c1-2-17-8-7-13-6-5-10-3-4-11(14(15)16)9-12(10)13/h3-4,9H,2,5-8H2,1H3. The smallest absolute Gasteiger partial charge is 0.271 e. The summed E-state index contributed by atoms with van der Waals surface area (Å²) in [4.78, 5) is 12.5. The topological polar surface area (TPSA) is 55.6 Å². The molecule has 0 aliphatic carbocycles. The Morgan fingerprint density at radius 3 is 3.06 bits per heavy atom. The third-order valence-corrected chi connectivity index (χ3v) is 2.98. The molecule has 0 spiro atoms. The molecule has 1 aliphatic heterocycles. The number of nitro groups is 1. The second kappa shape index (κ2) is 5.14. The van der Waals surface area contributed by atoms with E-state index in [1.54, 1.807) is 12.1 Å². The molecule has 0 aromatic heterocycles. The Hall–Kier alpha value is -1.62. The SMILES string of the molecule is CCOCCN1CCc2ccc([N+](=O)[O-])cc21. The van der Waals surface area contributed by atoms with Crippen molar-refractivity contribution in [1.82, 2.24) is 0 Å². The molecule has 2 rings (SSSR count). The van der Waals surface area contributed by atoms with Gasteiger partial charge in [-0.05, 0) is 18.9 Å². The van der Waals surface area contributed by atoms with E-state index in [-0.39, 0.29) is 10.6 Å². The fourth-order valence-electron chi connectivity index (χ4n) is 2.10. The lowest BCUT2D eigenvalue weighted by Crippen LogP contribution is -2.25. The van der Waals surface area contributed by atoms with E-state index < -0.39 is 0 Å². The van der Waals surface area contributed by atoms with Crippen molar-refractivity contribution in [2.45, 2.75) is 13.3 Å². The van der Waals surface area contributed by atoms with Crippen molar-refractivity contribution in [1.29, 1.82) is 0 Å². The van der Waals surface area contributed by atoms with Crippen LogP contribution in [0.5, 0.6) is 0 Å². The zero-order valence-electron chi connectivity index (χ0n) is 9.89. The monoisotopic (exact) mass is 236 g/mol. The zero-order chi connectivity index (χ0) is 12.3. The third-order valence-electron chi connectivity index (χ3n) is 2.98. The number of fused-ring (bicyclic) bond motifs is 1. The lowest BCUT2D eigenvalue weighted by atomic mass is 10.1. The van der Waals surface area contributed by atoms with Gasteiger partial charge in [-0.25, -0.2) is 0 Å². The summed E-state index contributed by atoms with van der Waals surface area (Å²) in [6.45, 7) is 5.04. The van der Waals surface area contributed by atoms with Crippen molar-refractivity contribution in [3.8, 4) is 0 Å². The molecule has 0 saturated heterocycles. The van der Waals surface area contributed by atoms with E-state index in [1.165, 1.54) is 5.56 Å². The minimum Gasteiger partial charge on any atom is -0.380 e. The van der Waals surface area contributed by atoms with Crippen LogP contribution in [0.25, 0.3) is 0 Å². The Morgan fingerprint density at radius 2 is 2.35 bits per heavy atom. The second-order valence-corrected chi connectivity index (χ2v) is 4.00. The number of ether oxygens (including phenoxy) is 1. The Labute approximate surface area is 100 Å². The third kappa shape index (κ3) is 2.55. The molecule has 17 heavy (non-hydrogen) atoms. The van der Waals surface area contributed by atoms with E-state index in [9.17, 15) is 10.1 Å². The maximum atomic E-state index is 10.7. The highest BCUT2D eigenvalue weighted by Crippen LogP contribution is 2.31. The molecule has 0 N–H and O–H groups in total. The first kappa shape index (κ1) is 11.9. The summed E-state index contributed by atoms with van der Waals surface area (Å²) in [6, 6.07) is 5.09. The van der Waals surface area contributed by atoms with Gasteiger partial charge in [0.25, 0.3) is 5.69 Å². The van der Waals surface area contributed by atoms with Gasteiger partial charge in [-0.1, -0.05) is 6.07 Å². The maximum Gasteiger partial charge on any atom is 0.271 e. The number of nitrogens with zero attached hydrogens (tertiary/aromatic N) is 2. The van der Waals surface area contributed by atoms with Crippen LogP contribution in [0.15, 0.2) is 18.2 Å². The number of rotatable bonds is 5. The lowest BCUT2D eigenvalue weighted by Gasteiger charge is -2.18. The van der Waals surface area contributed by atoms with Gasteiger partial charge in [0.2, 0.25) is 0 Å². The number of hydrogen-bond donors (Lipinski definition) is 0. The molecule has 92 valence electrons. The lowest BCUT2D eigenvalue weighted by molar-refractivity contribution is -0.384. The molecule has 0 amide bonds. The quantitative estimate of drug-likeness (QED) is 0.445. The van der Waals surface area contributed by atoms with Gasteiger partial charge in [0.1, 0.15) is 0 Å². The summed E-state index contributed by atoms with van der Waals surface area (Å²) in [7, 11) is 0.